The first-order chi connectivity index (χ1) is 9.40. The molecule has 1 N–H and O–H groups in total. The van der Waals surface area contributed by atoms with Crippen LogP contribution in [0.15, 0.2) is 53.4 Å². The number of anilines is 1. The normalized spacial score (nSPS) is 11.1. The molecule has 0 spiro atoms. The van der Waals surface area contributed by atoms with Crippen LogP contribution in [0.5, 0.6) is 0 Å². The second-order valence-corrected chi connectivity index (χ2v) is 5.83. The van der Waals surface area contributed by atoms with E-state index >= 15 is 0 Å². The van der Waals surface area contributed by atoms with Crippen LogP contribution >= 0.6 is 0 Å². The highest BCUT2D eigenvalue weighted by molar-refractivity contribution is 7.92. The predicted octanol–water partition coefficient (Wildman–Crippen LogP) is 2.70. The fraction of sp³-hybridized carbons (Fsp3) is 0.0769. The van der Waals surface area contributed by atoms with Crippen LogP contribution in [0.1, 0.15) is 5.56 Å². The van der Waals surface area contributed by atoms with Crippen molar-refractivity contribution in [2.75, 3.05) is 4.72 Å². The third-order valence-corrected chi connectivity index (χ3v) is 4.23. The minimum Gasteiger partial charge on any atom is -0.279 e. The van der Waals surface area contributed by atoms with E-state index in [4.69, 9.17) is 0 Å². The lowest BCUT2D eigenvalue weighted by Crippen LogP contribution is -2.14. The zero-order valence-corrected chi connectivity index (χ0v) is 11.4. The lowest BCUT2D eigenvalue weighted by atomic mass is 10.2. The molecule has 0 fully saturated rings. The second-order valence-electron chi connectivity index (χ2n) is 4.18. The van der Waals surface area contributed by atoms with E-state index in [0.717, 1.165) is 0 Å². The molecule has 104 valence electrons. The molecular formula is C13H12N2O4S. The van der Waals surface area contributed by atoms with Gasteiger partial charge in [0.05, 0.1) is 15.5 Å². The largest absolute Gasteiger partial charge is 0.279 e. The van der Waals surface area contributed by atoms with Gasteiger partial charge in [-0.15, -0.1) is 0 Å². The van der Waals surface area contributed by atoms with Gasteiger partial charge >= 0.3 is 0 Å². The first-order valence-electron chi connectivity index (χ1n) is 5.73. The van der Waals surface area contributed by atoms with E-state index in [1.54, 1.807) is 25.1 Å². The van der Waals surface area contributed by atoms with Gasteiger partial charge in [0.2, 0.25) is 0 Å². The van der Waals surface area contributed by atoms with Crippen LogP contribution in [0, 0.1) is 17.0 Å². The number of nitro groups is 1. The topological polar surface area (TPSA) is 89.3 Å². The molecule has 20 heavy (non-hydrogen) atoms. The predicted molar refractivity (Wildman–Crippen MR) is 75.1 cm³/mol. The van der Waals surface area contributed by atoms with E-state index < -0.39 is 14.9 Å². The van der Waals surface area contributed by atoms with E-state index in [-0.39, 0.29) is 16.3 Å². The maximum absolute atomic E-state index is 12.2. The van der Waals surface area contributed by atoms with Crippen molar-refractivity contribution in [3.8, 4) is 0 Å². The van der Waals surface area contributed by atoms with Crippen molar-refractivity contribution in [3.05, 3.63) is 64.2 Å². The van der Waals surface area contributed by atoms with Gasteiger partial charge in [0.25, 0.3) is 15.7 Å². The average Bonchev–Trinajstić information content (AvgIpc) is 2.38. The third kappa shape index (κ3) is 2.94. The maximum Gasteiger partial charge on any atom is 0.271 e. The SMILES string of the molecule is Cc1ccccc1S(=O)(=O)Nc1cccc([N+](=O)[O-])c1. The second kappa shape index (κ2) is 5.30. The summed E-state index contributed by atoms with van der Waals surface area (Å²) in [4.78, 5) is 10.2. The summed E-state index contributed by atoms with van der Waals surface area (Å²) in [5.74, 6) is 0. The summed E-state index contributed by atoms with van der Waals surface area (Å²) in [6.45, 7) is 1.68. The molecule has 0 aliphatic carbocycles. The molecule has 6 nitrogen and oxygen atoms in total. The Labute approximate surface area is 116 Å². The van der Waals surface area contributed by atoms with Gasteiger partial charge in [0, 0.05) is 12.1 Å². The first kappa shape index (κ1) is 14.0. The van der Waals surface area contributed by atoms with Gasteiger partial charge in [-0.25, -0.2) is 8.42 Å². The molecule has 2 aromatic rings. The highest BCUT2D eigenvalue weighted by atomic mass is 32.2. The number of aryl methyl sites for hydroxylation is 1. The van der Waals surface area contributed by atoms with Crippen LogP contribution in [-0.4, -0.2) is 13.3 Å². The Morgan fingerprint density at radius 1 is 1.10 bits per heavy atom. The number of rotatable bonds is 4. The number of sulfonamides is 1. The van der Waals surface area contributed by atoms with Crippen molar-refractivity contribution in [2.45, 2.75) is 11.8 Å². The maximum atomic E-state index is 12.2. The summed E-state index contributed by atoms with van der Waals surface area (Å²) in [6.07, 6.45) is 0. The highest BCUT2D eigenvalue weighted by Crippen LogP contribution is 2.22. The van der Waals surface area contributed by atoms with Crippen LogP contribution in [0.3, 0.4) is 0 Å². The number of hydrogen-bond donors (Lipinski definition) is 1. The molecule has 0 unspecified atom stereocenters. The first-order valence-corrected chi connectivity index (χ1v) is 7.21. The molecule has 0 aliphatic rings. The van der Waals surface area contributed by atoms with Crippen LogP contribution in [-0.2, 0) is 10.0 Å². The van der Waals surface area contributed by atoms with Crippen LogP contribution in [0.2, 0.25) is 0 Å². The van der Waals surface area contributed by atoms with Crippen molar-refractivity contribution in [1.82, 2.24) is 0 Å². The molecule has 0 aliphatic heterocycles. The Bertz CT molecular complexity index is 756. The fourth-order valence-electron chi connectivity index (χ4n) is 1.75. The number of nitrogens with zero attached hydrogens (tertiary/aromatic N) is 1. The minimum atomic E-state index is -3.76. The molecule has 0 aromatic heterocycles. The molecule has 0 heterocycles. The molecule has 0 amide bonds. The summed E-state index contributed by atoms with van der Waals surface area (Å²) in [5.41, 5.74) is 0.586. The van der Waals surface area contributed by atoms with Crippen molar-refractivity contribution in [2.24, 2.45) is 0 Å². The molecule has 0 saturated carbocycles. The molecular weight excluding hydrogens is 280 g/mol. The number of nitrogens with one attached hydrogen (secondary N) is 1. The van der Waals surface area contributed by atoms with E-state index in [1.165, 1.54) is 30.3 Å². The van der Waals surface area contributed by atoms with Gasteiger partial charge in [-0.05, 0) is 24.6 Å². The van der Waals surface area contributed by atoms with Crippen molar-refractivity contribution < 1.29 is 13.3 Å². The van der Waals surface area contributed by atoms with Gasteiger partial charge in [-0.3, -0.25) is 14.8 Å². The van der Waals surface area contributed by atoms with E-state index in [1.807, 2.05) is 0 Å². The van der Waals surface area contributed by atoms with Crippen molar-refractivity contribution in [3.63, 3.8) is 0 Å². The Morgan fingerprint density at radius 3 is 2.45 bits per heavy atom. The Morgan fingerprint density at radius 2 is 1.80 bits per heavy atom. The molecule has 0 bridgehead atoms. The molecule has 0 saturated heterocycles. The molecule has 0 atom stereocenters. The van der Waals surface area contributed by atoms with Gasteiger partial charge < -0.3 is 0 Å². The summed E-state index contributed by atoms with van der Waals surface area (Å²) in [7, 11) is -3.76. The number of benzene rings is 2. The zero-order valence-electron chi connectivity index (χ0n) is 10.6. The Balaban J connectivity index is 2.36. The summed E-state index contributed by atoms with van der Waals surface area (Å²) in [5, 5.41) is 10.7. The standard InChI is InChI=1S/C13H12N2O4S/c1-10-5-2-3-8-13(10)20(18,19)14-11-6-4-7-12(9-11)15(16)17/h2-9,14H,1H3. The molecule has 7 heteroatoms. The molecule has 2 rings (SSSR count). The monoisotopic (exact) mass is 292 g/mol. The van der Waals surface area contributed by atoms with Gasteiger partial charge in [0.15, 0.2) is 0 Å². The number of nitro benzene ring substituents is 1. The van der Waals surface area contributed by atoms with E-state index in [9.17, 15) is 18.5 Å². The molecule has 0 radical (unpaired) electrons. The number of hydrogen-bond acceptors (Lipinski definition) is 4. The Kier molecular flexibility index (Phi) is 3.71. The summed E-state index contributed by atoms with van der Waals surface area (Å²) in [6, 6.07) is 11.9. The quantitative estimate of drug-likeness (QED) is 0.693. The van der Waals surface area contributed by atoms with Gasteiger partial charge in [-0.1, -0.05) is 24.3 Å². The minimum absolute atomic E-state index is 0.145. The fourth-order valence-corrected chi connectivity index (χ4v) is 3.05. The number of non-ortho nitro benzene ring substituents is 1. The summed E-state index contributed by atoms with van der Waals surface area (Å²) < 4.78 is 26.8. The van der Waals surface area contributed by atoms with Crippen LogP contribution in [0.25, 0.3) is 0 Å². The lowest BCUT2D eigenvalue weighted by Gasteiger charge is -2.09. The van der Waals surface area contributed by atoms with Gasteiger partial charge in [0.1, 0.15) is 0 Å². The van der Waals surface area contributed by atoms with Crippen LogP contribution in [0.4, 0.5) is 11.4 Å². The van der Waals surface area contributed by atoms with Crippen LogP contribution < -0.4 is 4.72 Å². The third-order valence-electron chi connectivity index (χ3n) is 2.69. The smallest absolute Gasteiger partial charge is 0.271 e. The van der Waals surface area contributed by atoms with Crippen molar-refractivity contribution in [1.29, 1.82) is 0 Å². The van der Waals surface area contributed by atoms with E-state index in [2.05, 4.69) is 4.72 Å². The highest BCUT2D eigenvalue weighted by Gasteiger charge is 2.17. The Hall–Kier alpha value is -2.41. The lowest BCUT2D eigenvalue weighted by molar-refractivity contribution is -0.384. The zero-order chi connectivity index (χ0) is 14.8. The van der Waals surface area contributed by atoms with Gasteiger partial charge in [-0.2, -0.15) is 0 Å². The average molecular weight is 292 g/mol. The summed E-state index contributed by atoms with van der Waals surface area (Å²) >= 11 is 0. The van der Waals surface area contributed by atoms with Crippen molar-refractivity contribution >= 4 is 21.4 Å². The molecule has 2 aromatic carbocycles. The van der Waals surface area contributed by atoms with E-state index in [0.29, 0.717) is 5.56 Å².